The van der Waals surface area contributed by atoms with Crippen molar-refractivity contribution in [2.45, 2.75) is 52.5 Å². The fourth-order valence-corrected chi connectivity index (χ4v) is 2.78. The van der Waals surface area contributed by atoms with Crippen LogP contribution in [0.25, 0.3) is 0 Å². The van der Waals surface area contributed by atoms with Crippen molar-refractivity contribution in [3.8, 4) is 0 Å². The second kappa shape index (κ2) is 10.9. The van der Waals surface area contributed by atoms with E-state index in [9.17, 15) is 0 Å². The minimum atomic E-state index is 0.538. The van der Waals surface area contributed by atoms with Crippen molar-refractivity contribution in [1.29, 1.82) is 0 Å². The van der Waals surface area contributed by atoms with Crippen LogP contribution in [0.15, 0.2) is 4.99 Å². The maximum absolute atomic E-state index is 5.95. The van der Waals surface area contributed by atoms with E-state index in [-0.39, 0.29) is 0 Å². The molecule has 0 spiro atoms. The first kappa shape index (κ1) is 18.2. The number of hydrogen-bond acceptors (Lipinski definition) is 3. The van der Waals surface area contributed by atoms with E-state index in [0.29, 0.717) is 17.9 Å². The van der Waals surface area contributed by atoms with E-state index in [1.165, 1.54) is 32.4 Å². The summed E-state index contributed by atoms with van der Waals surface area (Å²) in [6.45, 7) is 12.2. The lowest BCUT2D eigenvalue weighted by atomic mass is 10.0. The summed E-state index contributed by atoms with van der Waals surface area (Å²) >= 11 is 0. The van der Waals surface area contributed by atoms with Gasteiger partial charge in [0.05, 0.1) is 6.54 Å². The van der Waals surface area contributed by atoms with Crippen molar-refractivity contribution in [2.75, 3.05) is 39.4 Å². The van der Waals surface area contributed by atoms with Crippen LogP contribution < -0.4 is 11.1 Å². The fourth-order valence-electron chi connectivity index (χ4n) is 2.78. The van der Waals surface area contributed by atoms with Crippen LogP contribution in [0.4, 0.5) is 0 Å². The van der Waals surface area contributed by atoms with Crippen molar-refractivity contribution in [3.05, 3.63) is 0 Å². The SMILES string of the molecule is CCOCCCNC(N)=NCC(CC(C)C)N1CCCC1. The van der Waals surface area contributed by atoms with Crippen LogP contribution in [0, 0.1) is 5.92 Å². The first-order valence-corrected chi connectivity index (χ1v) is 8.49. The van der Waals surface area contributed by atoms with Gasteiger partial charge >= 0.3 is 0 Å². The van der Waals surface area contributed by atoms with Crippen LogP contribution in [-0.4, -0.2) is 56.3 Å². The topological polar surface area (TPSA) is 62.9 Å². The van der Waals surface area contributed by atoms with Crippen LogP contribution in [0.3, 0.4) is 0 Å². The van der Waals surface area contributed by atoms with Gasteiger partial charge in [0.25, 0.3) is 0 Å². The average molecular weight is 298 g/mol. The number of nitrogens with one attached hydrogen (secondary N) is 1. The Hall–Kier alpha value is -0.810. The Bertz CT molecular complexity index is 288. The van der Waals surface area contributed by atoms with E-state index in [0.717, 1.165) is 32.7 Å². The molecule has 5 nitrogen and oxygen atoms in total. The predicted molar refractivity (Wildman–Crippen MR) is 89.7 cm³/mol. The summed E-state index contributed by atoms with van der Waals surface area (Å²) in [5.74, 6) is 1.27. The molecule has 1 aliphatic rings. The highest BCUT2D eigenvalue weighted by atomic mass is 16.5. The highest BCUT2D eigenvalue weighted by Crippen LogP contribution is 2.17. The number of hydrogen-bond donors (Lipinski definition) is 2. The number of rotatable bonds is 10. The van der Waals surface area contributed by atoms with Crippen LogP contribution in [0.5, 0.6) is 0 Å². The number of nitrogens with zero attached hydrogens (tertiary/aromatic N) is 2. The standard InChI is InChI=1S/C16H34N4O/c1-4-21-11-7-8-18-16(17)19-13-15(12-14(2)3)20-9-5-6-10-20/h14-15H,4-13H2,1-3H3,(H3,17,18,19). The van der Waals surface area contributed by atoms with Crippen LogP contribution in [0.1, 0.15) is 46.5 Å². The summed E-state index contributed by atoms with van der Waals surface area (Å²) in [6.07, 6.45) is 4.81. The van der Waals surface area contributed by atoms with E-state index >= 15 is 0 Å². The van der Waals surface area contributed by atoms with Gasteiger partial charge in [0, 0.05) is 25.8 Å². The first-order valence-electron chi connectivity index (χ1n) is 8.49. The number of aliphatic imine (C=N–C) groups is 1. The molecular weight excluding hydrogens is 264 g/mol. The quantitative estimate of drug-likeness (QED) is 0.367. The lowest BCUT2D eigenvalue weighted by Crippen LogP contribution is -2.39. The normalized spacial score (nSPS) is 18.4. The third-order valence-electron chi connectivity index (χ3n) is 3.85. The molecule has 0 aliphatic carbocycles. The number of likely N-dealkylation sites (tertiary alicyclic amines) is 1. The van der Waals surface area contributed by atoms with Gasteiger partial charge in [-0.1, -0.05) is 13.8 Å². The molecule has 1 rings (SSSR count). The van der Waals surface area contributed by atoms with Gasteiger partial charge in [-0.05, 0) is 51.6 Å². The number of guanidine groups is 1. The summed E-state index contributed by atoms with van der Waals surface area (Å²) in [4.78, 5) is 7.12. The summed E-state index contributed by atoms with van der Waals surface area (Å²) in [7, 11) is 0. The van der Waals surface area contributed by atoms with Gasteiger partial charge in [-0.25, -0.2) is 0 Å². The van der Waals surface area contributed by atoms with Crippen molar-refractivity contribution >= 4 is 5.96 Å². The molecule has 0 aromatic carbocycles. The lowest BCUT2D eigenvalue weighted by Gasteiger charge is -2.27. The second-order valence-corrected chi connectivity index (χ2v) is 6.23. The Balaban J connectivity index is 2.30. The minimum absolute atomic E-state index is 0.538. The maximum Gasteiger partial charge on any atom is 0.188 e. The summed E-state index contributed by atoms with van der Waals surface area (Å²) in [5.41, 5.74) is 5.95. The molecule has 21 heavy (non-hydrogen) atoms. The molecule has 1 atom stereocenters. The zero-order valence-electron chi connectivity index (χ0n) is 14.1. The van der Waals surface area contributed by atoms with Gasteiger partial charge in [-0.2, -0.15) is 0 Å². The molecule has 0 bridgehead atoms. The molecule has 1 saturated heterocycles. The van der Waals surface area contributed by atoms with Crippen LogP contribution in [-0.2, 0) is 4.74 Å². The molecule has 1 unspecified atom stereocenters. The van der Waals surface area contributed by atoms with E-state index in [4.69, 9.17) is 10.5 Å². The molecule has 5 heteroatoms. The second-order valence-electron chi connectivity index (χ2n) is 6.23. The molecule has 0 aromatic heterocycles. The Kier molecular flexibility index (Phi) is 9.42. The van der Waals surface area contributed by atoms with Crippen LogP contribution >= 0.6 is 0 Å². The average Bonchev–Trinajstić information content (AvgIpc) is 2.97. The van der Waals surface area contributed by atoms with E-state index in [1.54, 1.807) is 0 Å². The molecule has 1 heterocycles. The third-order valence-corrected chi connectivity index (χ3v) is 3.85. The molecule has 3 N–H and O–H groups in total. The van der Waals surface area contributed by atoms with Gasteiger partial charge in [0.15, 0.2) is 5.96 Å². The van der Waals surface area contributed by atoms with Crippen molar-refractivity contribution in [1.82, 2.24) is 10.2 Å². The van der Waals surface area contributed by atoms with Crippen molar-refractivity contribution < 1.29 is 4.74 Å². The largest absolute Gasteiger partial charge is 0.382 e. The highest BCUT2D eigenvalue weighted by Gasteiger charge is 2.22. The smallest absolute Gasteiger partial charge is 0.188 e. The molecule has 0 amide bonds. The molecule has 1 aliphatic heterocycles. The molecule has 1 fully saturated rings. The molecule has 0 saturated carbocycles. The van der Waals surface area contributed by atoms with Crippen molar-refractivity contribution in [3.63, 3.8) is 0 Å². The monoisotopic (exact) mass is 298 g/mol. The van der Waals surface area contributed by atoms with Gasteiger partial charge in [-0.15, -0.1) is 0 Å². The van der Waals surface area contributed by atoms with Gasteiger partial charge < -0.3 is 15.8 Å². The van der Waals surface area contributed by atoms with Gasteiger partial charge in [-0.3, -0.25) is 9.89 Å². The molecular formula is C16H34N4O. The Labute approximate surface area is 130 Å². The summed E-state index contributed by atoms with van der Waals surface area (Å²) in [6, 6.07) is 0.538. The Morgan fingerprint density at radius 2 is 2.05 bits per heavy atom. The lowest BCUT2D eigenvalue weighted by molar-refractivity contribution is 0.145. The third kappa shape index (κ3) is 8.27. The minimum Gasteiger partial charge on any atom is -0.382 e. The first-order chi connectivity index (χ1) is 10.1. The van der Waals surface area contributed by atoms with E-state index in [2.05, 4.69) is 29.1 Å². The number of ether oxygens (including phenoxy) is 1. The zero-order chi connectivity index (χ0) is 15.5. The van der Waals surface area contributed by atoms with Gasteiger partial charge in [0.2, 0.25) is 0 Å². The Morgan fingerprint density at radius 1 is 1.33 bits per heavy atom. The number of nitrogens with two attached hydrogens (primary N) is 1. The Morgan fingerprint density at radius 3 is 2.67 bits per heavy atom. The van der Waals surface area contributed by atoms with Gasteiger partial charge in [0.1, 0.15) is 0 Å². The summed E-state index contributed by atoms with van der Waals surface area (Å²) < 4.78 is 5.30. The van der Waals surface area contributed by atoms with E-state index < -0.39 is 0 Å². The predicted octanol–water partition coefficient (Wildman–Crippen LogP) is 1.83. The fraction of sp³-hybridized carbons (Fsp3) is 0.938. The van der Waals surface area contributed by atoms with Crippen molar-refractivity contribution in [2.24, 2.45) is 16.6 Å². The van der Waals surface area contributed by atoms with E-state index in [1.807, 2.05) is 6.92 Å². The van der Waals surface area contributed by atoms with Crippen LogP contribution in [0.2, 0.25) is 0 Å². The molecule has 0 aromatic rings. The maximum atomic E-state index is 5.95. The molecule has 124 valence electrons. The zero-order valence-corrected chi connectivity index (χ0v) is 14.1. The molecule has 0 radical (unpaired) electrons. The highest BCUT2D eigenvalue weighted by molar-refractivity contribution is 5.77. The summed E-state index contributed by atoms with van der Waals surface area (Å²) in [5, 5.41) is 3.17.